The fraction of sp³-hybridized carbons (Fsp3) is 0.304. The Labute approximate surface area is 176 Å². The van der Waals surface area contributed by atoms with Gasteiger partial charge in [0.2, 0.25) is 0 Å². The van der Waals surface area contributed by atoms with Gasteiger partial charge >= 0.3 is 12.2 Å². The van der Waals surface area contributed by atoms with Crippen molar-refractivity contribution in [2.45, 2.75) is 39.4 Å². The number of hydrogen-bond acceptors (Lipinski definition) is 4. The summed E-state index contributed by atoms with van der Waals surface area (Å²) in [5.74, 6) is -0.564. The van der Waals surface area contributed by atoms with Crippen LogP contribution in [-0.2, 0) is 16.1 Å². The topological polar surface area (TPSA) is 76.7 Å². The van der Waals surface area contributed by atoms with Gasteiger partial charge in [-0.05, 0) is 50.5 Å². The molecule has 160 valence electrons. The van der Waals surface area contributed by atoms with Crippen LogP contribution in [0.1, 0.15) is 38.3 Å². The predicted octanol–water partition coefficient (Wildman–Crippen LogP) is 5.50. The fourth-order valence-corrected chi connectivity index (χ4v) is 2.40. The van der Waals surface area contributed by atoms with Gasteiger partial charge in [-0.25, -0.2) is 14.0 Å². The molecule has 0 aliphatic rings. The summed E-state index contributed by atoms with van der Waals surface area (Å²) in [5.41, 5.74) is 0.933. The van der Waals surface area contributed by atoms with Gasteiger partial charge in [-0.15, -0.1) is 0 Å². The minimum Gasteiger partial charge on any atom is -0.445 e. The van der Waals surface area contributed by atoms with Crippen molar-refractivity contribution in [3.63, 3.8) is 0 Å². The van der Waals surface area contributed by atoms with Crippen molar-refractivity contribution < 1.29 is 23.5 Å². The van der Waals surface area contributed by atoms with Crippen molar-refractivity contribution in [2.75, 3.05) is 11.9 Å². The van der Waals surface area contributed by atoms with Crippen LogP contribution < -0.4 is 10.6 Å². The Morgan fingerprint density at radius 1 is 1.07 bits per heavy atom. The maximum Gasteiger partial charge on any atom is 0.412 e. The van der Waals surface area contributed by atoms with Crippen molar-refractivity contribution in [2.24, 2.45) is 0 Å². The number of hydrogen-bond donors (Lipinski definition) is 2. The Morgan fingerprint density at radius 2 is 1.80 bits per heavy atom. The molecule has 6 nitrogen and oxygen atoms in total. The number of nitrogens with one attached hydrogen (secondary N) is 2. The zero-order chi connectivity index (χ0) is 22.0. The van der Waals surface area contributed by atoms with Gasteiger partial charge in [-0.2, -0.15) is 0 Å². The second-order valence-corrected chi connectivity index (χ2v) is 7.55. The van der Waals surface area contributed by atoms with Crippen LogP contribution in [0.3, 0.4) is 0 Å². The average molecular weight is 414 g/mol. The number of alkyl carbamates (subject to hydrolysis) is 1. The smallest absolute Gasteiger partial charge is 0.412 e. The lowest BCUT2D eigenvalue weighted by Gasteiger charge is -2.19. The van der Waals surface area contributed by atoms with Crippen molar-refractivity contribution in [1.29, 1.82) is 0 Å². The largest absolute Gasteiger partial charge is 0.445 e. The van der Waals surface area contributed by atoms with E-state index in [0.717, 1.165) is 5.56 Å². The number of carbonyl (C=O) groups excluding carboxylic acids is 2. The first-order valence-corrected chi connectivity index (χ1v) is 9.63. The van der Waals surface area contributed by atoms with Gasteiger partial charge in [0.05, 0.1) is 5.69 Å². The van der Waals surface area contributed by atoms with E-state index in [4.69, 9.17) is 9.47 Å². The molecule has 0 saturated carbocycles. The van der Waals surface area contributed by atoms with Gasteiger partial charge in [0.25, 0.3) is 0 Å². The Hall–Kier alpha value is -3.35. The summed E-state index contributed by atoms with van der Waals surface area (Å²) in [7, 11) is 0. The highest BCUT2D eigenvalue weighted by Crippen LogP contribution is 2.18. The molecule has 0 aliphatic heterocycles. The molecule has 0 fully saturated rings. The minimum atomic E-state index is -0.713. The summed E-state index contributed by atoms with van der Waals surface area (Å²) in [6.45, 7) is 5.80. The lowest BCUT2D eigenvalue weighted by Crippen LogP contribution is -2.27. The minimum absolute atomic E-state index is 0.0456. The van der Waals surface area contributed by atoms with E-state index in [2.05, 4.69) is 10.6 Å². The van der Waals surface area contributed by atoms with Gasteiger partial charge in [0.1, 0.15) is 18.0 Å². The van der Waals surface area contributed by atoms with E-state index in [-0.39, 0.29) is 12.3 Å². The molecule has 2 N–H and O–H groups in total. The Morgan fingerprint density at radius 3 is 2.47 bits per heavy atom. The van der Waals surface area contributed by atoms with Crippen LogP contribution >= 0.6 is 0 Å². The molecule has 0 bridgehead atoms. The molecule has 0 aliphatic carbocycles. The van der Waals surface area contributed by atoms with E-state index >= 15 is 0 Å². The van der Waals surface area contributed by atoms with Crippen molar-refractivity contribution in [3.8, 4) is 0 Å². The van der Waals surface area contributed by atoms with E-state index in [9.17, 15) is 14.0 Å². The molecule has 2 aromatic carbocycles. The molecule has 7 heteroatoms. The third kappa shape index (κ3) is 8.77. The second kappa shape index (κ2) is 11.0. The maximum absolute atomic E-state index is 14.2. The fourth-order valence-electron chi connectivity index (χ4n) is 2.40. The maximum atomic E-state index is 14.2. The Kier molecular flexibility index (Phi) is 8.41. The lowest BCUT2D eigenvalue weighted by molar-refractivity contribution is 0.0635. The van der Waals surface area contributed by atoms with Crippen LogP contribution in [0, 0.1) is 5.82 Å². The van der Waals surface area contributed by atoms with Crippen LogP contribution in [-0.4, -0.2) is 24.3 Å². The molecular formula is C23H27FN2O4. The number of ether oxygens (including phenoxy) is 2. The summed E-state index contributed by atoms with van der Waals surface area (Å²) >= 11 is 0. The molecule has 2 aromatic rings. The van der Waals surface area contributed by atoms with Crippen LogP contribution in [0.15, 0.2) is 54.6 Å². The molecular weight excluding hydrogens is 387 g/mol. The highest BCUT2D eigenvalue weighted by molar-refractivity contribution is 5.85. The van der Waals surface area contributed by atoms with E-state index in [1.807, 2.05) is 36.4 Å². The SMILES string of the molecule is CC(C)(C)OC(=O)Nc1ccc(C=CCCNC(=O)OCc2ccccc2)cc1F. The number of benzene rings is 2. The zero-order valence-electron chi connectivity index (χ0n) is 17.4. The molecule has 0 heterocycles. The highest BCUT2D eigenvalue weighted by atomic mass is 19.1. The summed E-state index contributed by atoms with van der Waals surface area (Å²) in [6.07, 6.45) is 2.90. The Balaban J connectivity index is 1.72. The van der Waals surface area contributed by atoms with Crippen molar-refractivity contribution in [3.05, 3.63) is 71.6 Å². The van der Waals surface area contributed by atoms with E-state index in [1.54, 1.807) is 32.9 Å². The Bertz CT molecular complexity index is 877. The monoisotopic (exact) mass is 414 g/mol. The van der Waals surface area contributed by atoms with E-state index < -0.39 is 23.6 Å². The molecule has 0 unspecified atom stereocenters. The molecule has 0 saturated heterocycles. The third-order valence-electron chi connectivity index (χ3n) is 3.73. The van der Waals surface area contributed by atoms with Gasteiger partial charge in [0, 0.05) is 6.54 Å². The summed E-state index contributed by atoms with van der Waals surface area (Å²) < 4.78 is 24.4. The van der Waals surface area contributed by atoms with Gasteiger partial charge < -0.3 is 14.8 Å². The third-order valence-corrected chi connectivity index (χ3v) is 3.73. The first-order chi connectivity index (χ1) is 14.2. The first-order valence-electron chi connectivity index (χ1n) is 9.63. The molecule has 0 atom stereocenters. The summed E-state index contributed by atoms with van der Waals surface area (Å²) in [6, 6.07) is 13.9. The van der Waals surface area contributed by atoms with Crippen molar-refractivity contribution in [1.82, 2.24) is 5.32 Å². The van der Waals surface area contributed by atoms with Crippen LogP contribution in [0.2, 0.25) is 0 Å². The van der Waals surface area contributed by atoms with Gasteiger partial charge in [-0.1, -0.05) is 48.6 Å². The number of amides is 2. The second-order valence-electron chi connectivity index (χ2n) is 7.55. The molecule has 30 heavy (non-hydrogen) atoms. The molecule has 2 amide bonds. The zero-order valence-corrected chi connectivity index (χ0v) is 17.4. The van der Waals surface area contributed by atoms with E-state index in [1.165, 1.54) is 12.1 Å². The predicted molar refractivity (Wildman–Crippen MR) is 115 cm³/mol. The van der Waals surface area contributed by atoms with Crippen LogP contribution in [0.5, 0.6) is 0 Å². The standard InChI is InChI=1S/C23H27FN2O4/c1-23(2,3)30-22(28)26-20-13-12-17(15-19(20)24)9-7-8-14-25-21(27)29-16-18-10-5-4-6-11-18/h4-7,9-13,15H,8,14,16H2,1-3H3,(H,25,27)(H,26,28). The first kappa shape index (κ1) is 22.9. The highest BCUT2D eigenvalue weighted by Gasteiger charge is 2.17. The van der Waals surface area contributed by atoms with Crippen molar-refractivity contribution >= 4 is 23.9 Å². The molecule has 2 rings (SSSR count). The van der Waals surface area contributed by atoms with Crippen LogP contribution in [0.25, 0.3) is 6.08 Å². The molecule has 0 radical (unpaired) electrons. The summed E-state index contributed by atoms with van der Waals surface area (Å²) in [4.78, 5) is 23.4. The number of anilines is 1. The molecule has 0 spiro atoms. The van der Waals surface area contributed by atoms with Gasteiger partial charge in [-0.3, -0.25) is 5.32 Å². The quantitative estimate of drug-likeness (QED) is 0.587. The number of halogens is 1. The number of carbonyl (C=O) groups is 2. The van der Waals surface area contributed by atoms with Crippen LogP contribution in [0.4, 0.5) is 19.7 Å². The normalized spacial score (nSPS) is 11.2. The lowest BCUT2D eigenvalue weighted by atomic mass is 10.1. The van der Waals surface area contributed by atoms with Gasteiger partial charge in [0.15, 0.2) is 0 Å². The average Bonchev–Trinajstić information content (AvgIpc) is 2.67. The molecule has 0 aromatic heterocycles. The van der Waals surface area contributed by atoms with E-state index in [0.29, 0.717) is 18.5 Å². The number of rotatable bonds is 7. The summed E-state index contributed by atoms with van der Waals surface area (Å²) in [5, 5.41) is 5.04.